The number of aromatic nitrogens is 2. The lowest BCUT2D eigenvalue weighted by molar-refractivity contribution is 0.0705. The molecule has 9 heteroatoms. The molecule has 5 aromatic rings. The van der Waals surface area contributed by atoms with E-state index in [4.69, 9.17) is 9.47 Å². The van der Waals surface area contributed by atoms with Crippen LogP contribution in [-0.4, -0.2) is 52.5 Å². The van der Waals surface area contributed by atoms with Crippen LogP contribution in [0.2, 0.25) is 0 Å². The fourth-order valence-corrected chi connectivity index (χ4v) is 5.66. The van der Waals surface area contributed by atoms with Gasteiger partial charge in [0, 0.05) is 52.2 Å². The maximum absolute atomic E-state index is 13.7. The van der Waals surface area contributed by atoms with Crippen molar-refractivity contribution in [3.05, 3.63) is 118 Å². The minimum atomic E-state index is -0.583. The first kappa shape index (κ1) is 32.9. The van der Waals surface area contributed by atoms with Crippen LogP contribution < -0.4 is 14.8 Å². The third kappa shape index (κ3) is 8.21. The highest BCUT2D eigenvalue weighted by Crippen LogP contribution is 2.35. The molecule has 3 aromatic carbocycles. The number of nitrogens with zero attached hydrogens (tertiary/aromatic N) is 2. The van der Waals surface area contributed by atoms with E-state index in [0.717, 1.165) is 47.0 Å². The Morgan fingerprint density at radius 2 is 1.74 bits per heavy atom. The van der Waals surface area contributed by atoms with Crippen LogP contribution >= 0.6 is 15.9 Å². The average molecular weight is 684 g/mol. The van der Waals surface area contributed by atoms with Gasteiger partial charge < -0.3 is 24.7 Å². The molecule has 0 atom stereocenters. The number of carbonyl (C=O) groups is 2. The van der Waals surface area contributed by atoms with Crippen molar-refractivity contribution in [2.45, 2.75) is 46.1 Å². The molecule has 2 heterocycles. The summed E-state index contributed by atoms with van der Waals surface area (Å²) >= 11 is 3.61. The fourth-order valence-electron chi connectivity index (χ4n) is 5.24. The third-order valence-electron chi connectivity index (χ3n) is 7.57. The summed E-state index contributed by atoms with van der Waals surface area (Å²) in [5, 5.41) is 4.07. The van der Waals surface area contributed by atoms with Crippen LogP contribution in [0.5, 0.6) is 11.5 Å². The number of H-pyrrole nitrogens is 1. The van der Waals surface area contributed by atoms with Crippen molar-refractivity contribution in [1.82, 2.24) is 14.9 Å². The second-order valence-corrected chi connectivity index (χ2v) is 13.2. The summed E-state index contributed by atoms with van der Waals surface area (Å²) in [5.74, 6) is -0.607. The van der Waals surface area contributed by atoms with Crippen molar-refractivity contribution in [3.8, 4) is 11.5 Å². The van der Waals surface area contributed by atoms with Crippen LogP contribution in [0.3, 0.4) is 0 Å². The van der Waals surface area contributed by atoms with Gasteiger partial charge in [0.2, 0.25) is 0 Å². The number of aryl methyl sites for hydroxylation is 1. The Morgan fingerprint density at radius 1 is 0.978 bits per heavy atom. The Kier molecular flexibility index (Phi) is 10.2. The molecule has 5 rings (SSSR count). The Labute approximate surface area is 278 Å². The van der Waals surface area contributed by atoms with Gasteiger partial charge in [-0.2, -0.15) is 0 Å². The molecule has 8 nitrogen and oxygen atoms in total. The molecule has 0 aliphatic rings. The minimum Gasteiger partial charge on any atom is -0.484 e. The van der Waals surface area contributed by atoms with E-state index in [2.05, 4.69) is 50.1 Å². The normalized spacial score (nSPS) is 11.5. The summed E-state index contributed by atoms with van der Waals surface area (Å²) in [6, 6.07) is 21.5. The number of aromatic amines is 1. The lowest BCUT2D eigenvalue weighted by atomic mass is 10.1. The largest absolute Gasteiger partial charge is 0.484 e. The summed E-state index contributed by atoms with van der Waals surface area (Å²) in [7, 11) is 2.12. The molecule has 0 fully saturated rings. The molecule has 0 saturated carbocycles. The number of carbonyl (C=O) groups excluding carboxylic acids is 2. The number of nitrogens with one attached hydrogen (secondary N) is 2. The number of halogens is 1. The summed E-state index contributed by atoms with van der Waals surface area (Å²) in [6.45, 7) is 9.54. The van der Waals surface area contributed by atoms with Gasteiger partial charge in [0.05, 0.1) is 11.1 Å². The molecule has 46 heavy (non-hydrogen) atoms. The zero-order valence-electron chi connectivity index (χ0n) is 26.8. The van der Waals surface area contributed by atoms with Gasteiger partial charge in [-0.25, -0.2) is 4.79 Å². The molecule has 0 bridgehead atoms. The van der Waals surface area contributed by atoms with Crippen LogP contribution in [0.15, 0.2) is 89.7 Å². The first-order valence-corrected chi connectivity index (χ1v) is 16.1. The molecule has 0 radical (unpaired) electrons. The number of esters is 1. The number of fused-ring (bicyclic) bond motifs is 1. The van der Waals surface area contributed by atoms with Crippen LogP contribution in [0.4, 0.5) is 5.69 Å². The third-order valence-corrected chi connectivity index (χ3v) is 8.35. The Hall–Kier alpha value is -4.47. The summed E-state index contributed by atoms with van der Waals surface area (Å²) in [4.78, 5) is 36.9. The number of pyridine rings is 1. The van der Waals surface area contributed by atoms with Crippen molar-refractivity contribution in [2.75, 3.05) is 25.5 Å². The predicted molar refractivity (Wildman–Crippen MR) is 186 cm³/mol. The van der Waals surface area contributed by atoms with E-state index in [1.165, 1.54) is 11.1 Å². The fraction of sp³-hybridized carbons (Fsp3) is 0.270. The van der Waals surface area contributed by atoms with E-state index in [0.29, 0.717) is 17.0 Å². The molecular weight excluding hydrogens is 644 g/mol. The maximum atomic E-state index is 13.7. The summed E-state index contributed by atoms with van der Waals surface area (Å²) in [5.41, 5.74) is 5.11. The quantitative estimate of drug-likeness (QED) is 0.108. The van der Waals surface area contributed by atoms with Crippen molar-refractivity contribution in [3.63, 3.8) is 0 Å². The van der Waals surface area contributed by atoms with Crippen LogP contribution in [0.1, 0.15) is 58.3 Å². The standard InChI is InChI=1S/C37H39BrN4O4/c1-24-28(18-21-42(5)20-17-26-23-39-19-16-31(26)38)30-22-27(14-15-32(30)40-24)41-35(43)29-12-9-13-33(46-37(2,3)4)34(29)45-36(44)25-10-7-6-8-11-25/h6-16,19,22-23,40H,17-18,20-21H2,1-5H3,(H,41,43). The lowest BCUT2D eigenvalue weighted by Crippen LogP contribution is -2.24. The number of benzene rings is 3. The second kappa shape index (κ2) is 14.3. The highest BCUT2D eigenvalue weighted by atomic mass is 79.9. The van der Waals surface area contributed by atoms with E-state index in [9.17, 15) is 9.59 Å². The van der Waals surface area contributed by atoms with Crippen molar-refractivity contribution >= 4 is 44.4 Å². The van der Waals surface area contributed by atoms with E-state index in [1.54, 1.807) is 48.7 Å². The van der Waals surface area contributed by atoms with Crippen LogP contribution in [-0.2, 0) is 12.8 Å². The number of para-hydroxylation sites is 1. The molecule has 0 aliphatic carbocycles. The summed E-state index contributed by atoms with van der Waals surface area (Å²) in [6.07, 6.45) is 5.44. The van der Waals surface area contributed by atoms with Gasteiger partial charge in [-0.1, -0.05) is 40.2 Å². The van der Waals surface area contributed by atoms with Gasteiger partial charge in [0.1, 0.15) is 5.60 Å². The Bertz CT molecular complexity index is 1850. The van der Waals surface area contributed by atoms with Gasteiger partial charge in [0.25, 0.3) is 5.91 Å². The number of amides is 1. The number of hydrogen-bond acceptors (Lipinski definition) is 6. The molecule has 2 N–H and O–H groups in total. The van der Waals surface area contributed by atoms with Crippen molar-refractivity contribution in [1.29, 1.82) is 0 Å². The highest BCUT2D eigenvalue weighted by molar-refractivity contribution is 9.10. The Morgan fingerprint density at radius 3 is 2.48 bits per heavy atom. The van der Waals surface area contributed by atoms with Crippen LogP contribution in [0, 0.1) is 6.92 Å². The SMILES string of the molecule is Cc1[nH]c2ccc(NC(=O)c3cccc(OC(C)(C)C)c3OC(=O)c3ccccc3)cc2c1CCN(C)CCc1cnccc1Br. The van der Waals surface area contributed by atoms with Crippen molar-refractivity contribution < 1.29 is 19.1 Å². The topological polar surface area (TPSA) is 96.6 Å². The van der Waals surface area contributed by atoms with E-state index >= 15 is 0 Å². The van der Waals surface area contributed by atoms with E-state index < -0.39 is 17.5 Å². The maximum Gasteiger partial charge on any atom is 0.343 e. The molecule has 0 aliphatic heterocycles. The van der Waals surface area contributed by atoms with Crippen molar-refractivity contribution in [2.24, 2.45) is 0 Å². The van der Waals surface area contributed by atoms with Gasteiger partial charge in [-0.05, 0) is 107 Å². The number of ether oxygens (including phenoxy) is 2. The average Bonchev–Trinajstić information content (AvgIpc) is 3.33. The summed E-state index contributed by atoms with van der Waals surface area (Å²) < 4.78 is 13.0. The first-order chi connectivity index (χ1) is 22.0. The molecule has 238 valence electrons. The van der Waals surface area contributed by atoms with Gasteiger partial charge in [-0.15, -0.1) is 0 Å². The molecular formula is C37H39BrN4O4. The zero-order chi connectivity index (χ0) is 32.8. The van der Waals surface area contributed by atoms with Crippen LogP contribution in [0.25, 0.3) is 10.9 Å². The highest BCUT2D eigenvalue weighted by Gasteiger charge is 2.24. The molecule has 1 amide bonds. The number of hydrogen-bond donors (Lipinski definition) is 2. The van der Waals surface area contributed by atoms with Gasteiger partial charge in [0.15, 0.2) is 11.5 Å². The zero-order valence-corrected chi connectivity index (χ0v) is 28.4. The molecule has 0 saturated heterocycles. The molecule has 0 unspecified atom stereocenters. The number of likely N-dealkylation sites (N-methyl/N-ethyl adjacent to an activating group) is 1. The first-order valence-electron chi connectivity index (χ1n) is 15.3. The predicted octanol–water partition coefficient (Wildman–Crippen LogP) is 8.00. The van der Waals surface area contributed by atoms with Gasteiger partial charge in [-0.3, -0.25) is 9.78 Å². The minimum absolute atomic E-state index is 0.0735. The number of rotatable bonds is 11. The smallest absolute Gasteiger partial charge is 0.343 e. The second-order valence-electron chi connectivity index (χ2n) is 12.3. The lowest BCUT2D eigenvalue weighted by Gasteiger charge is -2.24. The monoisotopic (exact) mass is 682 g/mol. The molecule has 0 spiro atoms. The number of anilines is 1. The van der Waals surface area contributed by atoms with Gasteiger partial charge >= 0.3 is 5.97 Å². The molecule has 2 aromatic heterocycles. The van der Waals surface area contributed by atoms with E-state index in [-0.39, 0.29) is 11.3 Å². The van der Waals surface area contributed by atoms with E-state index in [1.807, 2.05) is 57.3 Å². The Balaban J connectivity index is 1.35.